The maximum absolute atomic E-state index is 13.7. The van der Waals surface area contributed by atoms with Crippen molar-refractivity contribution in [1.29, 1.82) is 0 Å². The van der Waals surface area contributed by atoms with E-state index >= 15 is 0 Å². The Balaban J connectivity index is 1.43. The monoisotopic (exact) mass is 526 g/mol. The summed E-state index contributed by atoms with van der Waals surface area (Å²) in [5.41, 5.74) is 1.52. The van der Waals surface area contributed by atoms with Crippen LogP contribution >= 0.6 is 0 Å². The first-order chi connectivity index (χ1) is 18.2. The first kappa shape index (κ1) is 28.1. The number of carbonyl (C=O) groups excluding carboxylic acids is 4. The minimum atomic E-state index is -0.738. The van der Waals surface area contributed by atoms with Gasteiger partial charge in [0.15, 0.2) is 5.78 Å². The number of Topliss-reactive ketones (excluding diaryl/α,β-unsaturated/α-hetero) is 1. The number of nitrogens with zero attached hydrogens (tertiary/aromatic N) is 3. The first-order valence-electron chi connectivity index (χ1n) is 14.1. The molecule has 0 aliphatic carbocycles. The smallest absolute Gasteiger partial charge is 0.251 e. The second kappa shape index (κ2) is 12.3. The summed E-state index contributed by atoms with van der Waals surface area (Å²) in [6.07, 6.45) is 2.37. The maximum Gasteiger partial charge on any atom is 0.251 e. The lowest BCUT2D eigenvalue weighted by atomic mass is 10.0. The number of morpholine rings is 1. The van der Waals surface area contributed by atoms with Crippen LogP contribution in [0.2, 0.25) is 0 Å². The third kappa shape index (κ3) is 6.20. The number of hydrogen-bond acceptors (Lipinski definition) is 6. The van der Waals surface area contributed by atoms with Crippen LogP contribution in [-0.4, -0.2) is 90.8 Å². The molecule has 3 heterocycles. The molecule has 1 N–H and O–H groups in total. The molecule has 0 bridgehead atoms. The summed E-state index contributed by atoms with van der Waals surface area (Å²) in [7, 11) is 0. The molecule has 3 aliphatic heterocycles. The van der Waals surface area contributed by atoms with Crippen LogP contribution < -0.4 is 10.2 Å². The molecule has 0 saturated carbocycles. The number of nitrogens with one attached hydrogen (secondary N) is 1. The molecule has 208 valence electrons. The van der Waals surface area contributed by atoms with Crippen LogP contribution in [0.15, 0.2) is 24.3 Å². The summed E-state index contributed by atoms with van der Waals surface area (Å²) in [6, 6.07) is 5.78. The number of ketones is 1. The minimum absolute atomic E-state index is 0.0120. The molecule has 9 nitrogen and oxygen atoms in total. The highest BCUT2D eigenvalue weighted by atomic mass is 16.5. The molecule has 4 atom stereocenters. The predicted octanol–water partition coefficient (Wildman–Crippen LogP) is 2.48. The van der Waals surface area contributed by atoms with Crippen molar-refractivity contribution in [3.05, 3.63) is 29.8 Å². The average Bonchev–Trinajstić information content (AvgIpc) is 3.49. The summed E-state index contributed by atoms with van der Waals surface area (Å²) >= 11 is 0. The van der Waals surface area contributed by atoms with Crippen molar-refractivity contribution in [2.75, 3.05) is 44.3 Å². The number of amides is 3. The molecule has 4 rings (SSSR count). The van der Waals surface area contributed by atoms with Crippen LogP contribution in [-0.2, 0) is 19.1 Å². The van der Waals surface area contributed by atoms with Crippen molar-refractivity contribution in [3.8, 4) is 0 Å². The number of fused-ring (bicyclic) bond motifs is 1. The van der Waals surface area contributed by atoms with Gasteiger partial charge in [-0.15, -0.1) is 0 Å². The molecule has 4 unspecified atom stereocenters. The topological polar surface area (TPSA) is 99.3 Å². The number of likely N-dealkylation sites (tertiary alicyclic amines) is 2. The van der Waals surface area contributed by atoms with Crippen LogP contribution in [0.1, 0.15) is 63.7 Å². The van der Waals surface area contributed by atoms with Gasteiger partial charge in [0, 0.05) is 37.3 Å². The molecule has 0 radical (unpaired) electrons. The van der Waals surface area contributed by atoms with Gasteiger partial charge in [-0.05, 0) is 48.9 Å². The molecule has 9 heteroatoms. The highest BCUT2D eigenvalue weighted by Crippen LogP contribution is 2.32. The number of benzene rings is 1. The van der Waals surface area contributed by atoms with Gasteiger partial charge in [0.2, 0.25) is 11.8 Å². The van der Waals surface area contributed by atoms with Crippen molar-refractivity contribution >= 4 is 29.2 Å². The van der Waals surface area contributed by atoms with E-state index in [1.54, 1.807) is 21.9 Å². The molecule has 3 fully saturated rings. The Bertz CT molecular complexity index is 1020. The fraction of sp³-hybridized carbons (Fsp3) is 0.655. The fourth-order valence-electron chi connectivity index (χ4n) is 5.73. The summed E-state index contributed by atoms with van der Waals surface area (Å²) < 4.78 is 5.41. The van der Waals surface area contributed by atoms with E-state index in [4.69, 9.17) is 4.74 Å². The van der Waals surface area contributed by atoms with E-state index in [9.17, 15) is 19.2 Å². The van der Waals surface area contributed by atoms with E-state index in [0.29, 0.717) is 44.6 Å². The zero-order valence-electron chi connectivity index (χ0n) is 23.2. The molecule has 3 amide bonds. The minimum Gasteiger partial charge on any atom is -0.378 e. The van der Waals surface area contributed by atoms with Crippen molar-refractivity contribution in [1.82, 2.24) is 15.1 Å². The van der Waals surface area contributed by atoms with E-state index in [-0.39, 0.29) is 47.9 Å². The molecule has 0 spiro atoms. The Morgan fingerprint density at radius 3 is 2.34 bits per heavy atom. The zero-order chi connectivity index (χ0) is 27.4. The molecule has 38 heavy (non-hydrogen) atoms. The highest BCUT2D eigenvalue weighted by molar-refractivity contribution is 6.01. The van der Waals surface area contributed by atoms with Crippen molar-refractivity contribution in [3.63, 3.8) is 0 Å². The van der Waals surface area contributed by atoms with Crippen LogP contribution in [0.3, 0.4) is 0 Å². The normalized spacial score (nSPS) is 23.0. The predicted molar refractivity (Wildman–Crippen MR) is 145 cm³/mol. The van der Waals surface area contributed by atoms with E-state index in [2.05, 4.69) is 10.2 Å². The van der Waals surface area contributed by atoms with Gasteiger partial charge in [-0.1, -0.05) is 34.1 Å². The number of rotatable bonds is 9. The first-order valence-corrected chi connectivity index (χ1v) is 14.1. The highest BCUT2D eigenvalue weighted by Gasteiger charge is 2.52. The van der Waals surface area contributed by atoms with E-state index < -0.39 is 12.1 Å². The Morgan fingerprint density at radius 1 is 1.03 bits per heavy atom. The van der Waals surface area contributed by atoms with Gasteiger partial charge in [0.05, 0.1) is 25.8 Å². The molecular weight excluding hydrogens is 484 g/mol. The standard InChI is InChI=1S/C29H42N4O5/c1-5-20(4)17-26(35)33-18-25(34)27-24(33)10-11-32(27)29(37)23(16-19(2)3)30-28(36)21-6-8-22(9-7-21)31-12-14-38-15-13-31/h6-9,19-20,23-24,27H,5,10-18H2,1-4H3,(H,30,36). The van der Waals surface area contributed by atoms with Gasteiger partial charge in [-0.3, -0.25) is 19.2 Å². The zero-order valence-corrected chi connectivity index (χ0v) is 23.2. The van der Waals surface area contributed by atoms with Gasteiger partial charge in [0.25, 0.3) is 5.91 Å². The van der Waals surface area contributed by atoms with Crippen LogP contribution in [0.5, 0.6) is 0 Å². The number of anilines is 1. The summed E-state index contributed by atoms with van der Waals surface area (Å²) in [5.74, 6) is -0.234. The van der Waals surface area contributed by atoms with Gasteiger partial charge in [-0.25, -0.2) is 0 Å². The number of hydrogen-bond donors (Lipinski definition) is 1. The third-order valence-electron chi connectivity index (χ3n) is 8.06. The molecule has 1 aromatic carbocycles. The Labute approximate surface area is 225 Å². The van der Waals surface area contributed by atoms with Gasteiger partial charge in [-0.2, -0.15) is 0 Å². The second-order valence-electron chi connectivity index (χ2n) is 11.3. The molecule has 1 aromatic rings. The average molecular weight is 527 g/mol. The van der Waals surface area contributed by atoms with E-state index in [1.165, 1.54) is 0 Å². The lowest BCUT2D eigenvalue weighted by Gasteiger charge is -2.29. The van der Waals surface area contributed by atoms with Crippen LogP contribution in [0.25, 0.3) is 0 Å². The SMILES string of the molecule is CCC(C)CC(=O)N1CC(=O)C2C1CCN2C(=O)C(CC(C)C)NC(=O)c1ccc(N2CCOCC2)cc1. The Hall–Kier alpha value is -2.94. The fourth-order valence-corrected chi connectivity index (χ4v) is 5.73. The van der Waals surface area contributed by atoms with Gasteiger partial charge in [0.1, 0.15) is 12.1 Å². The molecular formula is C29H42N4O5. The quantitative estimate of drug-likeness (QED) is 0.531. The Morgan fingerprint density at radius 2 is 1.71 bits per heavy atom. The summed E-state index contributed by atoms with van der Waals surface area (Å²) in [5, 5.41) is 2.95. The van der Waals surface area contributed by atoms with E-state index in [1.807, 2.05) is 39.8 Å². The van der Waals surface area contributed by atoms with E-state index in [0.717, 1.165) is 25.2 Å². The maximum atomic E-state index is 13.7. The van der Waals surface area contributed by atoms with Crippen LogP contribution in [0.4, 0.5) is 5.69 Å². The van der Waals surface area contributed by atoms with Crippen molar-refractivity contribution < 1.29 is 23.9 Å². The molecule has 0 aromatic heterocycles. The Kier molecular flexibility index (Phi) is 9.07. The van der Waals surface area contributed by atoms with Gasteiger partial charge < -0.3 is 24.8 Å². The van der Waals surface area contributed by atoms with Crippen LogP contribution in [0, 0.1) is 11.8 Å². The third-order valence-corrected chi connectivity index (χ3v) is 8.06. The summed E-state index contributed by atoms with van der Waals surface area (Å²) in [4.78, 5) is 58.3. The summed E-state index contributed by atoms with van der Waals surface area (Å²) in [6.45, 7) is 11.6. The largest absolute Gasteiger partial charge is 0.378 e. The molecule has 3 saturated heterocycles. The van der Waals surface area contributed by atoms with Crippen molar-refractivity contribution in [2.45, 2.75) is 71.5 Å². The second-order valence-corrected chi connectivity index (χ2v) is 11.3. The lowest BCUT2D eigenvalue weighted by molar-refractivity contribution is -0.138. The number of carbonyl (C=O) groups is 4. The number of ether oxygens (including phenoxy) is 1. The molecule has 3 aliphatic rings. The van der Waals surface area contributed by atoms with Crippen molar-refractivity contribution in [2.24, 2.45) is 11.8 Å². The lowest BCUT2D eigenvalue weighted by Crippen LogP contribution is -2.53. The van der Waals surface area contributed by atoms with Gasteiger partial charge >= 0.3 is 0 Å².